The minimum atomic E-state index is 0.689. The standard InChI is InChI=1S/C10H16N4/c1-2-8-6-14(7-9(8)11-3-1)10-12-4-5-13-10/h4-5,8-9,11H,1-3,6-7H2,(H,12,13). The van der Waals surface area contributed by atoms with Crippen molar-refractivity contribution in [3.05, 3.63) is 12.4 Å². The van der Waals surface area contributed by atoms with Gasteiger partial charge < -0.3 is 15.2 Å². The van der Waals surface area contributed by atoms with Crippen LogP contribution in [0.3, 0.4) is 0 Å². The van der Waals surface area contributed by atoms with Gasteiger partial charge in [0.15, 0.2) is 0 Å². The van der Waals surface area contributed by atoms with Crippen molar-refractivity contribution < 1.29 is 0 Å². The fraction of sp³-hybridized carbons (Fsp3) is 0.700. The maximum absolute atomic E-state index is 4.30. The molecule has 2 aliphatic heterocycles. The van der Waals surface area contributed by atoms with Gasteiger partial charge in [-0.15, -0.1) is 0 Å². The van der Waals surface area contributed by atoms with Crippen LogP contribution in [0.5, 0.6) is 0 Å². The molecule has 0 bridgehead atoms. The number of hydrogen-bond acceptors (Lipinski definition) is 3. The summed E-state index contributed by atoms with van der Waals surface area (Å²) in [6.45, 7) is 3.45. The number of nitrogens with one attached hydrogen (secondary N) is 2. The fourth-order valence-electron chi connectivity index (χ4n) is 2.65. The molecule has 1 aromatic rings. The van der Waals surface area contributed by atoms with Crippen LogP contribution in [-0.4, -0.2) is 35.6 Å². The molecular formula is C10H16N4. The number of piperidine rings is 1. The Balaban J connectivity index is 1.74. The molecule has 76 valence electrons. The minimum absolute atomic E-state index is 0.689. The molecule has 1 aromatic heterocycles. The highest BCUT2D eigenvalue weighted by Crippen LogP contribution is 2.26. The minimum Gasteiger partial charge on any atom is -0.341 e. The topological polar surface area (TPSA) is 44.0 Å². The van der Waals surface area contributed by atoms with Gasteiger partial charge in [-0.1, -0.05) is 0 Å². The first-order valence-corrected chi connectivity index (χ1v) is 5.41. The monoisotopic (exact) mass is 192 g/mol. The summed E-state index contributed by atoms with van der Waals surface area (Å²) < 4.78 is 0. The molecule has 0 amide bonds. The maximum atomic E-state index is 4.30. The lowest BCUT2D eigenvalue weighted by Gasteiger charge is -2.24. The molecule has 4 nitrogen and oxygen atoms in total. The summed E-state index contributed by atoms with van der Waals surface area (Å²) in [6.07, 6.45) is 6.41. The van der Waals surface area contributed by atoms with Gasteiger partial charge in [-0.25, -0.2) is 4.98 Å². The molecular weight excluding hydrogens is 176 g/mol. The largest absolute Gasteiger partial charge is 0.341 e. The Labute approximate surface area is 83.7 Å². The van der Waals surface area contributed by atoms with Crippen molar-refractivity contribution in [1.82, 2.24) is 15.3 Å². The van der Waals surface area contributed by atoms with E-state index in [0.29, 0.717) is 6.04 Å². The molecule has 2 N–H and O–H groups in total. The summed E-state index contributed by atoms with van der Waals surface area (Å²) in [5, 5.41) is 3.59. The van der Waals surface area contributed by atoms with E-state index in [1.807, 2.05) is 12.4 Å². The van der Waals surface area contributed by atoms with Gasteiger partial charge in [0.05, 0.1) is 0 Å². The quantitative estimate of drug-likeness (QED) is 0.684. The summed E-state index contributed by atoms with van der Waals surface area (Å²) >= 11 is 0. The van der Waals surface area contributed by atoms with E-state index in [1.165, 1.54) is 19.4 Å². The predicted molar refractivity (Wildman–Crippen MR) is 55.3 cm³/mol. The third kappa shape index (κ3) is 1.30. The van der Waals surface area contributed by atoms with Crippen molar-refractivity contribution in [3.63, 3.8) is 0 Å². The van der Waals surface area contributed by atoms with E-state index in [1.54, 1.807) is 0 Å². The van der Waals surface area contributed by atoms with Gasteiger partial charge in [0.1, 0.15) is 0 Å². The van der Waals surface area contributed by atoms with E-state index < -0.39 is 0 Å². The molecule has 2 aliphatic rings. The van der Waals surface area contributed by atoms with Crippen LogP contribution in [0.2, 0.25) is 0 Å². The summed E-state index contributed by atoms with van der Waals surface area (Å²) in [6, 6.07) is 0.689. The first kappa shape index (κ1) is 8.29. The zero-order chi connectivity index (χ0) is 9.38. The van der Waals surface area contributed by atoms with E-state index in [-0.39, 0.29) is 0 Å². The molecule has 0 saturated carbocycles. The van der Waals surface area contributed by atoms with Crippen molar-refractivity contribution in [2.24, 2.45) is 5.92 Å². The van der Waals surface area contributed by atoms with Crippen LogP contribution in [-0.2, 0) is 0 Å². The van der Waals surface area contributed by atoms with Crippen molar-refractivity contribution in [2.45, 2.75) is 18.9 Å². The summed E-state index contributed by atoms with van der Waals surface area (Å²) in [7, 11) is 0. The molecule has 0 aliphatic carbocycles. The van der Waals surface area contributed by atoms with Crippen molar-refractivity contribution in [1.29, 1.82) is 0 Å². The second kappa shape index (κ2) is 3.28. The number of imidazole rings is 1. The highest BCUT2D eigenvalue weighted by atomic mass is 15.3. The van der Waals surface area contributed by atoms with Crippen LogP contribution in [0, 0.1) is 5.92 Å². The van der Waals surface area contributed by atoms with Crippen LogP contribution in [0.1, 0.15) is 12.8 Å². The number of nitrogens with zero attached hydrogens (tertiary/aromatic N) is 2. The molecule has 2 fully saturated rings. The predicted octanol–water partition coefficient (Wildman–Crippen LogP) is 0.598. The lowest BCUT2D eigenvalue weighted by Crippen LogP contribution is -2.40. The molecule has 0 spiro atoms. The Kier molecular flexibility index (Phi) is 1.94. The van der Waals surface area contributed by atoms with Gasteiger partial charge in [-0.2, -0.15) is 0 Å². The van der Waals surface area contributed by atoms with Crippen LogP contribution < -0.4 is 10.2 Å². The Hall–Kier alpha value is -1.03. The van der Waals surface area contributed by atoms with Crippen molar-refractivity contribution >= 4 is 5.95 Å². The summed E-state index contributed by atoms with van der Waals surface area (Å²) in [4.78, 5) is 9.83. The zero-order valence-corrected chi connectivity index (χ0v) is 8.24. The van der Waals surface area contributed by atoms with E-state index >= 15 is 0 Å². The lowest BCUT2D eigenvalue weighted by molar-refractivity contribution is 0.340. The van der Waals surface area contributed by atoms with Crippen molar-refractivity contribution in [2.75, 3.05) is 24.5 Å². The Bertz CT molecular complexity index is 281. The van der Waals surface area contributed by atoms with Crippen LogP contribution >= 0.6 is 0 Å². The van der Waals surface area contributed by atoms with Crippen LogP contribution in [0.4, 0.5) is 5.95 Å². The second-order valence-corrected chi connectivity index (χ2v) is 4.28. The van der Waals surface area contributed by atoms with Gasteiger partial charge in [0.25, 0.3) is 0 Å². The number of rotatable bonds is 1. The number of fused-ring (bicyclic) bond motifs is 1. The van der Waals surface area contributed by atoms with Crippen molar-refractivity contribution in [3.8, 4) is 0 Å². The molecule has 3 heterocycles. The lowest BCUT2D eigenvalue weighted by atomic mass is 9.94. The third-order valence-corrected chi connectivity index (χ3v) is 3.38. The molecule has 14 heavy (non-hydrogen) atoms. The molecule has 3 rings (SSSR count). The van der Waals surface area contributed by atoms with E-state index in [2.05, 4.69) is 20.2 Å². The average Bonchev–Trinajstić information content (AvgIpc) is 2.86. The van der Waals surface area contributed by atoms with Gasteiger partial charge in [-0.3, -0.25) is 0 Å². The zero-order valence-electron chi connectivity index (χ0n) is 8.24. The molecule has 0 radical (unpaired) electrons. The normalized spacial score (nSPS) is 31.9. The van der Waals surface area contributed by atoms with E-state index in [4.69, 9.17) is 0 Å². The molecule has 2 unspecified atom stereocenters. The van der Waals surface area contributed by atoms with E-state index in [0.717, 1.165) is 25.0 Å². The summed E-state index contributed by atoms with van der Waals surface area (Å²) in [5.74, 6) is 1.86. The molecule has 2 atom stereocenters. The number of anilines is 1. The molecule has 4 heteroatoms. The Morgan fingerprint density at radius 1 is 1.43 bits per heavy atom. The highest BCUT2D eigenvalue weighted by molar-refractivity contribution is 5.32. The van der Waals surface area contributed by atoms with Crippen LogP contribution in [0.15, 0.2) is 12.4 Å². The molecule has 2 saturated heterocycles. The highest BCUT2D eigenvalue weighted by Gasteiger charge is 2.34. The first-order valence-electron chi connectivity index (χ1n) is 5.41. The second-order valence-electron chi connectivity index (χ2n) is 4.28. The van der Waals surface area contributed by atoms with Gasteiger partial charge in [-0.05, 0) is 25.3 Å². The van der Waals surface area contributed by atoms with Gasteiger partial charge in [0.2, 0.25) is 5.95 Å². The van der Waals surface area contributed by atoms with Gasteiger partial charge in [0, 0.05) is 31.5 Å². The Morgan fingerprint density at radius 2 is 2.43 bits per heavy atom. The fourth-order valence-corrected chi connectivity index (χ4v) is 2.65. The number of aromatic nitrogens is 2. The number of hydrogen-bond donors (Lipinski definition) is 2. The van der Waals surface area contributed by atoms with Gasteiger partial charge >= 0.3 is 0 Å². The number of aromatic amines is 1. The third-order valence-electron chi connectivity index (χ3n) is 3.38. The average molecular weight is 192 g/mol. The Morgan fingerprint density at radius 3 is 3.21 bits per heavy atom. The maximum Gasteiger partial charge on any atom is 0.202 e. The first-order chi connectivity index (χ1) is 6.93. The van der Waals surface area contributed by atoms with Crippen LogP contribution in [0.25, 0.3) is 0 Å². The smallest absolute Gasteiger partial charge is 0.202 e. The molecule has 0 aromatic carbocycles. The summed E-state index contributed by atoms with van der Waals surface area (Å²) in [5.41, 5.74) is 0. The number of H-pyrrole nitrogens is 1. The SMILES string of the molecule is c1c[nH]c(N2CC3CCCNC3C2)n1. The van der Waals surface area contributed by atoms with E-state index in [9.17, 15) is 0 Å².